The fraction of sp³-hybridized carbons (Fsp3) is 0.0556. The smallest absolute Gasteiger partial charge is 0.270 e. The minimum atomic E-state index is -0.346. The van der Waals surface area contributed by atoms with Gasteiger partial charge in [0, 0.05) is 11.0 Å². The predicted octanol–water partition coefficient (Wildman–Crippen LogP) is 3.33. The minimum Gasteiger partial charge on any atom is -0.393 e. The number of carbonyl (C=O) groups is 1. The first-order valence-electron chi connectivity index (χ1n) is 7.94. The molecule has 0 fully saturated rings. The van der Waals surface area contributed by atoms with Crippen molar-refractivity contribution in [3.8, 4) is 0 Å². The molecule has 0 spiro atoms. The van der Waals surface area contributed by atoms with Crippen LogP contribution in [0.15, 0.2) is 59.3 Å². The van der Waals surface area contributed by atoms with Gasteiger partial charge in [-0.05, 0) is 45.8 Å². The molecule has 0 aliphatic carbocycles. The maximum atomic E-state index is 13.0. The summed E-state index contributed by atoms with van der Waals surface area (Å²) >= 11 is 3.32. The molecule has 0 saturated heterocycles. The zero-order chi connectivity index (χ0) is 19.2. The van der Waals surface area contributed by atoms with Crippen LogP contribution in [0.25, 0.3) is 0 Å². The molecule has 0 radical (unpaired) electrons. The van der Waals surface area contributed by atoms with Crippen molar-refractivity contribution >= 4 is 39.2 Å². The molecule has 9 heteroatoms. The second kappa shape index (κ2) is 8.45. The number of hydrogen-bond acceptors (Lipinski definition) is 6. The van der Waals surface area contributed by atoms with E-state index in [-0.39, 0.29) is 23.2 Å². The highest BCUT2D eigenvalue weighted by Gasteiger charge is 2.12. The Kier molecular flexibility index (Phi) is 5.82. The predicted molar refractivity (Wildman–Crippen MR) is 105 cm³/mol. The Labute approximate surface area is 163 Å². The van der Waals surface area contributed by atoms with Gasteiger partial charge in [0.25, 0.3) is 5.91 Å². The average molecular weight is 431 g/mol. The van der Waals surface area contributed by atoms with Crippen LogP contribution in [0.2, 0.25) is 0 Å². The molecule has 1 aromatic heterocycles. The molecule has 0 aliphatic rings. The number of nitrogen functional groups attached to an aromatic ring is 1. The van der Waals surface area contributed by atoms with Crippen molar-refractivity contribution in [2.45, 2.75) is 6.54 Å². The zero-order valence-electron chi connectivity index (χ0n) is 14.0. The molecule has 0 bridgehead atoms. The van der Waals surface area contributed by atoms with Gasteiger partial charge in [-0.2, -0.15) is 0 Å². The molecule has 138 valence electrons. The molecule has 2 aromatic carbocycles. The summed E-state index contributed by atoms with van der Waals surface area (Å²) in [6, 6.07) is 13.1. The Bertz CT molecular complexity index is 951. The summed E-state index contributed by atoms with van der Waals surface area (Å²) in [5.74, 6) is 0.00728. The van der Waals surface area contributed by atoms with Crippen LogP contribution in [0, 0.1) is 5.82 Å². The first-order valence-corrected chi connectivity index (χ1v) is 8.73. The highest BCUT2D eigenvalue weighted by Crippen LogP contribution is 2.22. The number of anilines is 3. The Morgan fingerprint density at radius 3 is 2.52 bits per heavy atom. The van der Waals surface area contributed by atoms with Gasteiger partial charge < -0.3 is 11.1 Å². The molecule has 3 aromatic rings. The Hall–Kier alpha value is -3.20. The number of nitrogens with two attached hydrogens (primary N) is 1. The number of benzene rings is 2. The van der Waals surface area contributed by atoms with Crippen LogP contribution in [-0.4, -0.2) is 15.9 Å². The van der Waals surface area contributed by atoms with Crippen LogP contribution in [0.4, 0.5) is 21.7 Å². The summed E-state index contributed by atoms with van der Waals surface area (Å²) in [4.78, 5) is 20.4. The van der Waals surface area contributed by atoms with Crippen molar-refractivity contribution in [1.29, 1.82) is 0 Å². The molecule has 27 heavy (non-hydrogen) atoms. The highest BCUT2D eigenvalue weighted by atomic mass is 79.9. The molecule has 7 nitrogen and oxygen atoms in total. The Balaban J connectivity index is 1.65. The number of amides is 1. The number of hydrogen-bond donors (Lipinski definition) is 4. The summed E-state index contributed by atoms with van der Waals surface area (Å²) in [6.07, 6.45) is 1.32. The van der Waals surface area contributed by atoms with E-state index in [0.717, 1.165) is 5.56 Å². The molecular weight excluding hydrogens is 415 g/mol. The molecule has 0 atom stereocenters. The van der Waals surface area contributed by atoms with Gasteiger partial charge >= 0.3 is 0 Å². The van der Waals surface area contributed by atoms with Crippen molar-refractivity contribution in [2.75, 3.05) is 16.5 Å². The molecular formula is C18H16BrFN6O. The number of nitrogens with one attached hydrogen (secondary N) is 3. The van der Waals surface area contributed by atoms with Crippen LogP contribution in [0.1, 0.15) is 15.9 Å². The van der Waals surface area contributed by atoms with Crippen LogP contribution in [0.5, 0.6) is 0 Å². The van der Waals surface area contributed by atoms with E-state index in [2.05, 4.69) is 42.1 Å². The number of rotatable bonds is 6. The lowest BCUT2D eigenvalue weighted by molar-refractivity contribution is 0.0961. The van der Waals surface area contributed by atoms with E-state index in [9.17, 15) is 9.18 Å². The van der Waals surface area contributed by atoms with Gasteiger partial charge in [0.05, 0.1) is 5.56 Å². The summed E-state index contributed by atoms with van der Waals surface area (Å²) in [7, 11) is 0. The SMILES string of the molecule is Nc1c(NCc2ccc(F)cc2)ncnc1NNC(=O)c1ccccc1Br. The zero-order valence-corrected chi connectivity index (χ0v) is 15.6. The van der Waals surface area contributed by atoms with Gasteiger partial charge in [0.2, 0.25) is 0 Å². The quantitative estimate of drug-likeness (QED) is 0.447. The van der Waals surface area contributed by atoms with E-state index >= 15 is 0 Å². The summed E-state index contributed by atoms with van der Waals surface area (Å²) in [6.45, 7) is 0.407. The third-order valence-corrected chi connectivity index (χ3v) is 4.36. The van der Waals surface area contributed by atoms with Crippen molar-refractivity contribution in [2.24, 2.45) is 0 Å². The number of hydrazine groups is 1. The van der Waals surface area contributed by atoms with Crippen molar-refractivity contribution in [3.63, 3.8) is 0 Å². The fourth-order valence-electron chi connectivity index (χ4n) is 2.25. The van der Waals surface area contributed by atoms with Gasteiger partial charge in [-0.3, -0.25) is 15.6 Å². The summed E-state index contributed by atoms with van der Waals surface area (Å²) in [5.41, 5.74) is 12.9. The van der Waals surface area contributed by atoms with Crippen LogP contribution in [-0.2, 0) is 6.54 Å². The number of halogens is 2. The topological polar surface area (TPSA) is 105 Å². The number of nitrogens with zero attached hydrogens (tertiary/aromatic N) is 2. The van der Waals surface area contributed by atoms with Crippen molar-refractivity contribution < 1.29 is 9.18 Å². The van der Waals surface area contributed by atoms with Crippen molar-refractivity contribution in [1.82, 2.24) is 15.4 Å². The second-order valence-corrected chi connectivity index (χ2v) is 6.38. The van der Waals surface area contributed by atoms with Crippen LogP contribution >= 0.6 is 15.9 Å². The molecule has 0 saturated carbocycles. The van der Waals surface area contributed by atoms with E-state index in [4.69, 9.17) is 5.73 Å². The first-order chi connectivity index (χ1) is 13.0. The van der Waals surface area contributed by atoms with Crippen LogP contribution < -0.4 is 21.9 Å². The third kappa shape index (κ3) is 4.70. The molecule has 5 N–H and O–H groups in total. The van der Waals surface area contributed by atoms with Gasteiger partial charge in [0.15, 0.2) is 11.6 Å². The van der Waals surface area contributed by atoms with Gasteiger partial charge in [-0.1, -0.05) is 24.3 Å². The van der Waals surface area contributed by atoms with E-state index in [1.807, 2.05) is 6.07 Å². The van der Waals surface area contributed by atoms with E-state index in [0.29, 0.717) is 22.4 Å². The van der Waals surface area contributed by atoms with Gasteiger partial charge in [0.1, 0.15) is 17.8 Å². The van der Waals surface area contributed by atoms with E-state index in [1.54, 1.807) is 30.3 Å². The van der Waals surface area contributed by atoms with E-state index in [1.165, 1.54) is 18.5 Å². The largest absolute Gasteiger partial charge is 0.393 e. The Morgan fingerprint density at radius 1 is 1.07 bits per heavy atom. The third-order valence-electron chi connectivity index (χ3n) is 3.67. The lowest BCUT2D eigenvalue weighted by Crippen LogP contribution is -2.30. The molecule has 0 aliphatic heterocycles. The minimum absolute atomic E-state index is 0.243. The molecule has 1 amide bonds. The molecule has 3 rings (SSSR count). The standard InChI is InChI=1S/C18H16BrFN6O/c19-14-4-2-1-3-13(14)18(27)26-25-17-15(21)16(23-10-24-17)22-9-11-5-7-12(20)8-6-11/h1-8,10H,9,21H2,(H,26,27)(H2,22,23,24,25). The normalized spacial score (nSPS) is 10.3. The first kappa shape index (κ1) is 18.6. The summed E-state index contributed by atoms with van der Waals surface area (Å²) in [5, 5.41) is 3.06. The maximum absolute atomic E-state index is 13.0. The summed E-state index contributed by atoms with van der Waals surface area (Å²) < 4.78 is 13.6. The lowest BCUT2D eigenvalue weighted by Gasteiger charge is -2.13. The number of carbonyl (C=O) groups excluding carboxylic acids is 1. The van der Waals surface area contributed by atoms with Crippen molar-refractivity contribution in [3.05, 3.63) is 76.3 Å². The monoisotopic (exact) mass is 430 g/mol. The van der Waals surface area contributed by atoms with Crippen LogP contribution in [0.3, 0.4) is 0 Å². The molecule has 0 unspecified atom stereocenters. The maximum Gasteiger partial charge on any atom is 0.270 e. The fourth-order valence-corrected chi connectivity index (χ4v) is 2.72. The van der Waals surface area contributed by atoms with Gasteiger partial charge in [-0.25, -0.2) is 14.4 Å². The van der Waals surface area contributed by atoms with E-state index < -0.39 is 0 Å². The van der Waals surface area contributed by atoms with Gasteiger partial charge in [-0.15, -0.1) is 0 Å². The number of aromatic nitrogens is 2. The molecule has 1 heterocycles. The highest BCUT2D eigenvalue weighted by molar-refractivity contribution is 9.10. The average Bonchev–Trinajstić information content (AvgIpc) is 2.67. The lowest BCUT2D eigenvalue weighted by atomic mass is 10.2. The Morgan fingerprint density at radius 2 is 1.78 bits per heavy atom. The second-order valence-electron chi connectivity index (χ2n) is 5.52.